The van der Waals surface area contributed by atoms with Gasteiger partial charge >= 0.3 is 0 Å². The number of hydrogen-bond donors (Lipinski definition) is 2. The van der Waals surface area contributed by atoms with Crippen molar-refractivity contribution in [2.45, 2.75) is 33.2 Å². The first-order valence-corrected chi connectivity index (χ1v) is 11.1. The lowest BCUT2D eigenvalue weighted by Crippen LogP contribution is -2.33. The number of likely N-dealkylation sites (tertiary alicyclic amines) is 1. The molecule has 1 aliphatic rings. The lowest BCUT2D eigenvalue weighted by Gasteiger charge is -2.30. The summed E-state index contributed by atoms with van der Waals surface area (Å²) in [5.74, 6) is 1.82. The van der Waals surface area contributed by atoms with E-state index in [0.29, 0.717) is 11.6 Å². The van der Waals surface area contributed by atoms with Crippen LogP contribution >= 0.6 is 11.8 Å². The van der Waals surface area contributed by atoms with Crippen molar-refractivity contribution in [3.63, 3.8) is 0 Å². The fourth-order valence-electron chi connectivity index (χ4n) is 3.42. The van der Waals surface area contributed by atoms with Gasteiger partial charge in [0.15, 0.2) is 5.82 Å². The smallest absolute Gasteiger partial charge is 0.235 e. The van der Waals surface area contributed by atoms with Crippen molar-refractivity contribution in [2.75, 3.05) is 35.2 Å². The quantitative estimate of drug-likeness (QED) is 0.685. The molecule has 1 aromatic heterocycles. The molecule has 8 heteroatoms. The van der Waals surface area contributed by atoms with E-state index in [1.54, 1.807) is 13.0 Å². The molecule has 156 valence electrons. The van der Waals surface area contributed by atoms with E-state index in [0.717, 1.165) is 31.2 Å². The Morgan fingerprint density at radius 2 is 1.93 bits per heavy atom. The fourth-order valence-corrected chi connectivity index (χ4v) is 4.04. The molecule has 0 radical (unpaired) electrons. The van der Waals surface area contributed by atoms with Crippen LogP contribution in [-0.2, 0) is 16.1 Å². The number of benzene rings is 1. The molecule has 2 heterocycles. The Kier molecular flexibility index (Phi) is 7.71. The van der Waals surface area contributed by atoms with Gasteiger partial charge in [0.1, 0.15) is 5.76 Å². The van der Waals surface area contributed by atoms with Crippen LogP contribution in [0.2, 0.25) is 0 Å². The Hall–Kier alpha value is -2.32. The molecule has 0 saturated carbocycles. The summed E-state index contributed by atoms with van der Waals surface area (Å²) < 4.78 is 4.89. The standard InChI is InChI=1S/C21H28N4O3S/c1-15-4-3-9-25(11-15)12-17-5-7-18(8-6-17)22-20(26)13-29-14-21(27)23-19-10-16(2)28-24-19/h5-8,10,15H,3-4,9,11-14H2,1-2H3,(H,22,26)(H,23,24,27). The molecule has 2 N–H and O–H groups in total. The van der Waals surface area contributed by atoms with Gasteiger partial charge in [-0.05, 0) is 49.9 Å². The molecule has 2 amide bonds. The van der Waals surface area contributed by atoms with E-state index < -0.39 is 0 Å². The minimum atomic E-state index is -0.215. The first-order chi connectivity index (χ1) is 14.0. The molecule has 2 aromatic rings. The molecule has 3 rings (SSSR count). The second kappa shape index (κ2) is 10.5. The van der Waals surface area contributed by atoms with Gasteiger partial charge in [0.2, 0.25) is 11.8 Å². The Morgan fingerprint density at radius 3 is 2.59 bits per heavy atom. The monoisotopic (exact) mass is 416 g/mol. The van der Waals surface area contributed by atoms with Crippen LogP contribution in [0, 0.1) is 12.8 Å². The van der Waals surface area contributed by atoms with Gasteiger partial charge in [0.05, 0.1) is 11.5 Å². The van der Waals surface area contributed by atoms with Gasteiger partial charge in [0, 0.05) is 24.8 Å². The number of rotatable bonds is 8. The number of hydrogen-bond acceptors (Lipinski definition) is 6. The summed E-state index contributed by atoms with van der Waals surface area (Å²) in [5.41, 5.74) is 2.03. The third kappa shape index (κ3) is 7.21. The van der Waals surface area contributed by atoms with Crippen LogP contribution in [0.5, 0.6) is 0 Å². The summed E-state index contributed by atoms with van der Waals surface area (Å²) in [7, 11) is 0. The summed E-state index contributed by atoms with van der Waals surface area (Å²) in [6, 6.07) is 9.64. The van der Waals surface area contributed by atoms with Crippen LogP contribution < -0.4 is 10.6 Å². The Bertz CT molecular complexity index is 822. The van der Waals surface area contributed by atoms with Crippen LogP contribution in [-0.4, -0.2) is 46.5 Å². The highest BCUT2D eigenvalue weighted by molar-refractivity contribution is 8.00. The van der Waals surface area contributed by atoms with Crippen molar-refractivity contribution < 1.29 is 14.1 Å². The van der Waals surface area contributed by atoms with Crippen molar-refractivity contribution >= 4 is 35.1 Å². The van der Waals surface area contributed by atoms with Gasteiger partial charge in [-0.25, -0.2) is 0 Å². The van der Waals surface area contributed by atoms with E-state index in [1.807, 2.05) is 12.1 Å². The number of piperidine rings is 1. The maximum absolute atomic E-state index is 12.1. The van der Waals surface area contributed by atoms with Crippen molar-refractivity contribution in [3.05, 3.63) is 41.7 Å². The zero-order valence-electron chi connectivity index (χ0n) is 16.9. The molecule has 1 fully saturated rings. The van der Waals surface area contributed by atoms with Crippen molar-refractivity contribution in [2.24, 2.45) is 5.92 Å². The zero-order chi connectivity index (χ0) is 20.6. The van der Waals surface area contributed by atoms with Gasteiger partial charge in [-0.1, -0.05) is 24.2 Å². The highest BCUT2D eigenvalue weighted by Crippen LogP contribution is 2.19. The first-order valence-electron chi connectivity index (χ1n) is 9.90. The maximum Gasteiger partial charge on any atom is 0.235 e. The van der Waals surface area contributed by atoms with E-state index in [-0.39, 0.29) is 23.3 Å². The average molecular weight is 417 g/mol. The van der Waals surface area contributed by atoms with Crippen molar-refractivity contribution in [1.82, 2.24) is 10.1 Å². The summed E-state index contributed by atoms with van der Waals surface area (Å²) in [5, 5.41) is 9.21. The number of thioether (sulfide) groups is 1. The van der Waals surface area contributed by atoms with Crippen molar-refractivity contribution in [3.8, 4) is 0 Å². The van der Waals surface area contributed by atoms with Crippen LogP contribution in [0.1, 0.15) is 31.1 Å². The Morgan fingerprint density at radius 1 is 1.21 bits per heavy atom. The second-order valence-corrected chi connectivity index (χ2v) is 8.58. The van der Waals surface area contributed by atoms with Gasteiger partial charge < -0.3 is 15.2 Å². The molecule has 7 nitrogen and oxygen atoms in total. The van der Waals surface area contributed by atoms with Crippen LogP contribution in [0.15, 0.2) is 34.9 Å². The van der Waals surface area contributed by atoms with E-state index in [4.69, 9.17) is 4.52 Å². The summed E-state index contributed by atoms with van der Waals surface area (Å²) >= 11 is 1.25. The summed E-state index contributed by atoms with van der Waals surface area (Å²) in [4.78, 5) is 26.4. The van der Waals surface area contributed by atoms with E-state index in [9.17, 15) is 9.59 Å². The number of nitrogens with one attached hydrogen (secondary N) is 2. The van der Waals surface area contributed by atoms with E-state index in [1.165, 1.54) is 30.2 Å². The molecule has 0 spiro atoms. The topological polar surface area (TPSA) is 87.5 Å². The maximum atomic E-state index is 12.1. The van der Waals surface area contributed by atoms with Gasteiger partial charge in [-0.3, -0.25) is 14.5 Å². The predicted octanol–water partition coefficient (Wildman–Crippen LogP) is 3.53. The normalized spacial score (nSPS) is 17.1. The number of carbonyl (C=O) groups excluding carboxylic acids is 2. The molecular formula is C21H28N4O3S. The third-order valence-corrected chi connectivity index (χ3v) is 5.68. The molecule has 1 aliphatic heterocycles. The summed E-state index contributed by atoms with van der Waals surface area (Å²) in [6.45, 7) is 7.32. The predicted molar refractivity (Wildman–Crippen MR) is 116 cm³/mol. The number of anilines is 2. The number of aromatic nitrogens is 1. The lowest BCUT2D eigenvalue weighted by atomic mass is 10.00. The molecule has 1 aromatic carbocycles. The first kappa shape index (κ1) is 21.4. The number of amides is 2. The minimum absolute atomic E-state index is 0.127. The lowest BCUT2D eigenvalue weighted by molar-refractivity contribution is -0.114. The molecule has 1 saturated heterocycles. The molecule has 0 aliphatic carbocycles. The molecule has 1 unspecified atom stereocenters. The second-order valence-electron chi connectivity index (χ2n) is 7.59. The van der Waals surface area contributed by atoms with Crippen molar-refractivity contribution in [1.29, 1.82) is 0 Å². The van der Waals surface area contributed by atoms with Gasteiger partial charge in [0.25, 0.3) is 0 Å². The third-order valence-electron chi connectivity index (χ3n) is 4.75. The Labute approximate surface area is 175 Å². The SMILES string of the molecule is Cc1cc(NC(=O)CSCC(=O)Nc2ccc(CN3CCCC(C)C3)cc2)no1. The van der Waals surface area contributed by atoms with E-state index in [2.05, 4.69) is 39.7 Å². The molecule has 29 heavy (non-hydrogen) atoms. The molecular weight excluding hydrogens is 388 g/mol. The van der Waals surface area contributed by atoms with Crippen LogP contribution in [0.4, 0.5) is 11.5 Å². The number of aryl methyl sites for hydroxylation is 1. The Balaban J connectivity index is 1.36. The fraction of sp³-hybridized carbons (Fsp3) is 0.476. The number of carbonyl (C=O) groups is 2. The van der Waals surface area contributed by atoms with E-state index >= 15 is 0 Å². The largest absolute Gasteiger partial charge is 0.360 e. The average Bonchev–Trinajstić information content (AvgIpc) is 3.08. The molecule has 1 atom stereocenters. The zero-order valence-corrected chi connectivity index (χ0v) is 17.8. The highest BCUT2D eigenvalue weighted by atomic mass is 32.2. The number of nitrogens with zero attached hydrogens (tertiary/aromatic N) is 2. The minimum Gasteiger partial charge on any atom is -0.360 e. The van der Waals surface area contributed by atoms with Crippen LogP contribution in [0.3, 0.4) is 0 Å². The van der Waals surface area contributed by atoms with Gasteiger partial charge in [-0.2, -0.15) is 0 Å². The highest BCUT2D eigenvalue weighted by Gasteiger charge is 2.16. The molecule has 0 bridgehead atoms. The summed E-state index contributed by atoms with van der Waals surface area (Å²) in [6.07, 6.45) is 2.59. The van der Waals surface area contributed by atoms with Crippen LogP contribution in [0.25, 0.3) is 0 Å². The van der Waals surface area contributed by atoms with Gasteiger partial charge in [-0.15, -0.1) is 11.8 Å².